The van der Waals surface area contributed by atoms with Gasteiger partial charge in [-0.15, -0.1) is 0 Å². The lowest BCUT2D eigenvalue weighted by Crippen LogP contribution is -2.43. The van der Waals surface area contributed by atoms with Crippen LogP contribution in [0.3, 0.4) is 0 Å². The van der Waals surface area contributed by atoms with Gasteiger partial charge >= 0.3 is 0 Å². The Morgan fingerprint density at radius 1 is 1.37 bits per heavy atom. The van der Waals surface area contributed by atoms with E-state index in [9.17, 15) is 10.1 Å². The highest BCUT2D eigenvalue weighted by molar-refractivity contribution is 5.61. The Hall–Kier alpha value is -1.70. The van der Waals surface area contributed by atoms with E-state index in [-0.39, 0.29) is 5.69 Å². The largest absolute Gasteiger partial charge is 0.318 e. The van der Waals surface area contributed by atoms with Gasteiger partial charge in [0.1, 0.15) is 5.69 Å². The lowest BCUT2D eigenvalue weighted by atomic mass is 10.1. The fourth-order valence-electron chi connectivity index (χ4n) is 2.21. The minimum Gasteiger partial charge on any atom is -0.318 e. The molecule has 7 heteroatoms. The van der Waals surface area contributed by atoms with Crippen LogP contribution in [0.2, 0.25) is 0 Å². The molecule has 0 spiro atoms. The number of benzene rings is 1. The van der Waals surface area contributed by atoms with Crippen molar-refractivity contribution in [2.45, 2.75) is 6.54 Å². The number of nitrogens with one attached hydrogen (secondary N) is 1. The maximum absolute atomic E-state index is 11.0. The van der Waals surface area contributed by atoms with E-state index in [0.717, 1.165) is 38.3 Å². The molecule has 0 atom stereocenters. The fraction of sp³-hybridized carbons (Fsp3) is 0.500. The van der Waals surface area contributed by atoms with Crippen molar-refractivity contribution in [3.05, 3.63) is 33.9 Å². The molecule has 1 saturated heterocycles. The highest BCUT2D eigenvalue weighted by Crippen LogP contribution is 2.25. The van der Waals surface area contributed by atoms with E-state index in [1.165, 1.54) is 0 Å². The van der Waals surface area contributed by atoms with Crippen LogP contribution >= 0.6 is 0 Å². The van der Waals surface area contributed by atoms with Gasteiger partial charge in [0.2, 0.25) is 0 Å². The fourth-order valence-corrected chi connectivity index (χ4v) is 2.21. The Bertz CT molecular complexity index is 457. The number of rotatable bonds is 4. The quantitative estimate of drug-likeness (QED) is 0.471. The number of nitro groups is 1. The summed E-state index contributed by atoms with van der Waals surface area (Å²) in [4.78, 5) is 15.1. The number of anilines is 1. The van der Waals surface area contributed by atoms with Crippen molar-refractivity contribution < 1.29 is 4.92 Å². The molecule has 0 unspecified atom stereocenters. The van der Waals surface area contributed by atoms with Crippen LogP contribution in [0, 0.1) is 10.1 Å². The molecule has 1 aliphatic heterocycles. The number of piperazine rings is 1. The predicted molar refractivity (Wildman–Crippen MR) is 73.7 cm³/mol. The lowest BCUT2D eigenvalue weighted by Gasteiger charge is -2.32. The molecule has 0 radical (unpaired) electrons. The Labute approximate surface area is 112 Å². The minimum atomic E-state index is -0.414. The summed E-state index contributed by atoms with van der Waals surface area (Å²) in [7, 11) is 2.10. The van der Waals surface area contributed by atoms with Crippen LogP contribution in [0.1, 0.15) is 5.56 Å². The molecule has 1 fully saturated rings. The maximum Gasteiger partial charge on any atom is 0.293 e. The van der Waals surface area contributed by atoms with E-state index in [1.807, 2.05) is 6.07 Å². The molecule has 0 amide bonds. The first-order chi connectivity index (χ1) is 9.10. The van der Waals surface area contributed by atoms with Gasteiger partial charge in [-0.05, 0) is 18.7 Å². The summed E-state index contributed by atoms with van der Waals surface area (Å²) in [5, 5.41) is 11.0. The summed E-state index contributed by atoms with van der Waals surface area (Å²) in [6.07, 6.45) is 0. The summed E-state index contributed by atoms with van der Waals surface area (Å²) >= 11 is 0. The molecule has 1 aromatic rings. The third-order valence-corrected chi connectivity index (χ3v) is 3.42. The monoisotopic (exact) mass is 265 g/mol. The van der Waals surface area contributed by atoms with E-state index in [4.69, 9.17) is 5.84 Å². The number of nitro benzene ring substituents is 1. The average molecular weight is 265 g/mol. The van der Waals surface area contributed by atoms with Crippen LogP contribution in [0.25, 0.3) is 0 Å². The zero-order valence-corrected chi connectivity index (χ0v) is 11.0. The van der Waals surface area contributed by atoms with Gasteiger partial charge in [0.25, 0.3) is 5.69 Å². The van der Waals surface area contributed by atoms with E-state index >= 15 is 0 Å². The van der Waals surface area contributed by atoms with Gasteiger partial charge in [0, 0.05) is 38.8 Å². The molecule has 7 nitrogen and oxygen atoms in total. The second kappa shape index (κ2) is 5.96. The van der Waals surface area contributed by atoms with Crippen LogP contribution in [0.4, 0.5) is 11.4 Å². The van der Waals surface area contributed by atoms with Crippen LogP contribution in [-0.4, -0.2) is 47.9 Å². The highest BCUT2D eigenvalue weighted by Gasteiger charge is 2.17. The standard InChI is InChI=1S/C12H19N5O2/c1-15-4-6-16(7-5-15)9-10-2-3-11(14-13)12(8-10)17(18)19/h2-3,8,14H,4-7,9,13H2,1H3. The van der Waals surface area contributed by atoms with Crippen molar-refractivity contribution in [3.63, 3.8) is 0 Å². The van der Waals surface area contributed by atoms with Gasteiger partial charge in [-0.3, -0.25) is 20.9 Å². The molecule has 0 bridgehead atoms. The number of hydrogen-bond acceptors (Lipinski definition) is 6. The van der Waals surface area contributed by atoms with Gasteiger partial charge < -0.3 is 10.3 Å². The number of nitrogens with two attached hydrogens (primary N) is 1. The summed E-state index contributed by atoms with van der Waals surface area (Å²) in [5.74, 6) is 5.27. The molecule has 3 N–H and O–H groups in total. The van der Waals surface area contributed by atoms with Crippen molar-refractivity contribution in [1.29, 1.82) is 0 Å². The van der Waals surface area contributed by atoms with Gasteiger partial charge in [-0.1, -0.05) is 6.07 Å². The predicted octanol–water partition coefficient (Wildman–Crippen LogP) is 0.628. The summed E-state index contributed by atoms with van der Waals surface area (Å²) < 4.78 is 0. The SMILES string of the molecule is CN1CCN(Cc2ccc(NN)c([N+](=O)[O-])c2)CC1. The van der Waals surface area contributed by atoms with Gasteiger partial charge in [-0.25, -0.2) is 0 Å². The number of hydrazine groups is 1. The number of nitrogens with zero attached hydrogens (tertiary/aromatic N) is 3. The summed E-state index contributed by atoms with van der Waals surface area (Å²) in [6.45, 7) is 4.77. The molecular weight excluding hydrogens is 246 g/mol. The lowest BCUT2D eigenvalue weighted by molar-refractivity contribution is -0.384. The molecular formula is C12H19N5O2. The van der Waals surface area contributed by atoms with Gasteiger partial charge in [0.15, 0.2) is 0 Å². The van der Waals surface area contributed by atoms with Crippen molar-refractivity contribution >= 4 is 11.4 Å². The van der Waals surface area contributed by atoms with Crippen LogP contribution < -0.4 is 11.3 Å². The second-order valence-electron chi connectivity index (χ2n) is 4.83. The highest BCUT2D eigenvalue weighted by atomic mass is 16.6. The Kier molecular flexibility index (Phi) is 4.31. The smallest absolute Gasteiger partial charge is 0.293 e. The van der Waals surface area contributed by atoms with E-state index in [2.05, 4.69) is 22.3 Å². The van der Waals surface area contributed by atoms with Crippen molar-refractivity contribution in [1.82, 2.24) is 9.80 Å². The molecule has 2 rings (SSSR count). The molecule has 104 valence electrons. The normalized spacial score (nSPS) is 17.4. The van der Waals surface area contributed by atoms with E-state index in [1.54, 1.807) is 12.1 Å². The number of hydrogen-bond donors (Lipinski definition) is 2. The second-order valence-corrected chi connectivity index (χ2v) is 4.83. The van der Waals surface area contributed by atoms with E-state index in [0.29, 0.717) is 5.69 Å². The summed E-state index contributed by atoms with van der Waals surface area (Å²) in [6, 6.07) is 5.12. The van der Waals surface area contributed by atoms with Crippen LogP contribution in [0.15, 0.2) is 18.2 Å². The first-order valence-electron chi connectivity index (χ1n) is 6.25. The van der Waals surface area contributed by atoms with Crippen molar-refractivity contribution in [2.75, 3.05) is 38.7 Å². The average Bonchev–Trinajstić information content (AvgIpc) is 2.41. The maximum atomic E-state index is 11.0. The zero-order chi connectivity index (χ0) is 13.8. The number of likely N-dealkylation sites (N-methyl/N-ethyl adjacent to an activating group) is 1. The van der Waals surface area contributed by atoms with Crippen LogP contribution in [0.5, 0.6) is 0 Å². The molecule has 1 aliphatic rings. The molecule has 1 heterocycles. The van der Waals surface area contributed by atoms with Crippen molar-refractivity contribution in [3.8, 4) is 0 Å². The first-order valence-corrected chi connectivity index (χ1v) is 6.25. The molecule has 1 aromatic carbocycles. The molecule has 0 aliphatic carbocycles. The third kappa shape index (κ3) is 3.40. The van der Waals surface area contributed by atoms with Crippen molar-refractivity contribution in [2.24, 2.45) is 5.84 Å². The van der Waals surface area contributed by atoms with Crippen LogP contribution in [-0.2, 0) is 6.54 Å². The zero-order valence-electron chi connectivity index (χ0n) is 11.0. The topological polar surface area (TPSA) is 87.7 Å². The summed E-state index contributed by atoms with van der Waals surface area (Å²) in [5.41, 5.74) is 3.65. The Morgan fingerprint density at radius 3 is 2.63 bits per heavy atom. The van der Waals surface area contributed by atoms with E-state index < -0.39 is 4.92 Å². The number of nitrogen functional groups attached to an aromatic ring is 1. The van der Waals surface area contributed by atoms with Gasteiger partial charge in [-0.2, -0.15) is 0 Å². The molecule has 0 aromatic heterocycles. The molecule has 0 saturated carbocycles. The van der Waals surface area contributed by atoms with Gasteiger partial charge in [0.05, 0.1) is 4.92 Å². The Balaban J connectivity index is 2.08. The Morgan fingerprint density at radius 2 is 2.05 bits per heavy atom. The minimum absolute atomic E-state index is 0.0223. The first kappa shape index (κ1) is 13.7. The molecule has 19 heavy (non-hydrogen) atoms. The third-order valence-electron chi connectivity index (χ3n) is 3.42.